The van der Waals surface area contributed by atoms with E-state index in [-0.39, 0.29) is 22.4 Å². The molecule has 8 heteroatoms. The lowest BCUT2D eigenvalue weighted by Gasteiger charge is -2.29. The first-order valence-corrected chi connectivity index (χ1v) is 10.0. The van der Waals surface area contributed by atoms with Gasteiger partial charge in [0.1, 0.15) is 11.3 Å². The number of amides is 1. The maximum atomic E-state index is 13.0. The topological polar surface area (TPSA) is 106 Å². The molecule has 0 fully saturated rings. The van der Waals surface area contributed by atoms with E-state index in [0.29, 0.717) is 35.5 Å². The summed E-state index contributed by atoms with van der Waals surface area (Å²) in [5.74, 6) is -0.841. The Morgan fingerprint density at radius 2 is 1.77 bits per heavy atom. The minimum atomic E-state index is -0.729. The average Bonchev–Trinajstić information content (AvgIpc) is 2.90. The molecule has 0 bridgehead atoms. The SMILES string of the molecule is Cc1c(NC(=O)c2cc3c([nH]c2=O)CC(C)(C)CC3=O)c(=O)n(-c2ccccc2)n1C. The van der Waals surface area contributed by atoms with Crippen LogP contribution >= 0.6 is 0 Å². The van der Waals surface area contributed by atoms with E-state index >= 15 is 0 Å². The van der Waals surface area contributed by atoms with Crippen molar-refractivity contribution in [2.75, 3.05) is 5.32 Å². The van der Waals surface area contributed by atoms with Crippen molar-refractivity contribution in [3.63, 3.8) is 0 Å². The van der Waals surface area contributed by atoms with E-state index < -0.39 is 17.0 Å². The molecular formula is C23H24N4O4. The Balaban J connectivity index is 1.72. The minimum absolute atomic E-state index is 0.0842. The Labute approximate surface area is 178 Å². The van der Waals surface area contributed by atoms with Gasteiger partial charge in [-0.25, -0.2) is 4.68 Å². The van der Waals surface area contributed by atoms with Crippen molar-refractivity contribution >= 4 is 17.4 Å². The molecule has 8 nitrogen and oxygen atoms in total. The van der Waals surface area contributed by atoms with Crippen molar-refractivity contribution in [2.45, 2.75) is 33.6 Å². The molecule has 2 N–H and O–H groups in total. The van der Waals surface area contributed by atoms with Gasteiger partial charge in [-0.15, -0.1) is 0 Å². The Kier molecular flexibility index (Phi) is 4.80. The Morgan fingerprint density at radius 3 is 2.45 bits per heavy atom. The number of Topliss-reactive ketones (excluding diaryl/α,β-unsaturated/α-hetero) is 1. The Hall–Kier alpha value is -3.68. The molecule has 0 saturated carbocycles. The van der Waals surface area contributed by atoms with E-state index in [1.165, 1.54) is 10.7 Å². The molecule has 1 amide bonds. The summed E-state index contributed by atoms with van der Waals surface area (Å²) in [7, 11) is 1.71. The van der Waals surface area contributed by atoms with Gasteiger partial charge in [-0.2, -0.15) is 0 Å². The number of hydrogen-bond acceptors (Lipinski definition) is 4. The fourth-order valence-corrected chi connectivity index (χ4v) is 4.09. The van der Waals surface area contributed by atoms with E-state index in [2.05, 4.69) is 10.3 Å². The molecule has 1 aliphatic carbocycles. The molecule has 0 atom stereocenters. The van der Waals surface area contributed by atoms with Gasteiger partial charge in [-0.05, 0) is 37.0 Å². The van der Waals surface area contributed by atoms with Gasteiger partial charge in [0.2, 0.25) is 0 Å². The third kappa shape index (κ3) is 3.54. The minimum Gasteiger partial charge on any atom is -0.325 e. The highest BCUT2D eigenvalue weighted by atomic mass is 16.2. The second-order valence-corrected chi connectivity index (χ2v) is 8.74. The zero-order chi connectivity index (χ0) is 22.5. The van der Waals surface area contributed by atoms with Crippen LogP contribution in [0.5, 0.6) is 0 Å². The monoisotopic (exact) mass is 420 g/mol. The number of nitrogens with one attached hydrogen (secondary N) is 2. The van der Waals surface area contributed by atoms with Crippen LogP contribution in [0.4, 0.5) is 5.69 Å². The van der Waals surface area contributed by atoms with E-state index in [9.17, 15) is 19.2 Å². The van der Waals surface area contributed by atoms with Crippen LogP contribution in [-0.2, 0) is 13.5 Å². The molecule has 0 radical (unpaired) electrons. The number of H-pyrrole nitrogens is 1. The second kappa shape index (κ2) is 7.23. The second-order valence-electron chi connectivity index (χ2n) is 8.74. The first kappa shape index (κ1) is 20.6. The molecule has 0 unspecified atom stereocenters. The lowest BCUT2D eigenvalue weighted by molar-refractivity contribution is 0.0910. The molecule has 31 heavy (non-hydrogen) atoms. The fraction of sp³-hybridized carbons (Fsp3) is 0.304. The zero-order valence-corrected chi connectivity index (χ0v) is 17.9. The van der Waals surface area contributed by atoms with Gasteiger partial charge in [0.15, 0.2) is 5.78 Å². The van der Waals surface area contributed by atoms with Crippen LogP contribution in [0.1, 0.15) is 52.4 Å². The highest BCUT2D eigenvalue weighted by molar-refractivity contribution is 6.07. The predicted octanol–water partition coefficient (Wildman–Crippen LogP) is 2.58. The van der Waals surface area contributed by atoms with Gasteiger partial charge in [-0.1, -0.05) is 32.0 Å². The van der Waals surface area contributed by atoms with E-state index in [0.717, 1.165) is 0 Å². The summed E-state index contributed by atoms with van der Waals surface area (Å²) in [6.07, 6.45) is 0.886. The summed E-state index contributed by atoms with van der Waals surface area (Å²) in [6, 6.07) is 10.4. The molecule has 2 aromatic heterocycles. The van der Waals surface area contributed by atoms with Gasteiger partial charge >= 0.3 is 0 Å². The fourth-order valence-electron chi connectivity index (χ4n) is 4.09. The first-order chi connectivity index (χ1) is 14.6. The summed E-state index contributed by atoms with van der Waals surface area (Å²) >= 11 is 0. The number of ketones is 1. The highest BCUT2D eigenvalue weighted by Crippen LogP contribution is 2.33. The van der Waals surface area contributed by atoms with Crippen molar-refractivity contribution in [3.05, 3.63) is 79.6 Å². The number of hydrogen-bond donors (Lipinski definition) is 2. The molecule has 160 valence electrons. The molecular weight excluding hydrogens is 396 g/mol. The molecule has 2 heterocycles. The number of pyridine rings is 1. The van der Waals surface area contributed by atoms with Crippen molar-refractivity contribution in [3.8, 4) is 5.69 Å². The number of fused-ring (bicyclic) bond motifs is 1. The Bertz CT molecular complexity index is 1330. The average molecular weight is 420 g/mol. The number of anilines is 1. The van der Waals surface area contributed by atoms with Crippen LogP contribution in [0.25, 0.3) is 5.69 Å². The van der Waals surface area contributed by atoms with Gasteiger partial charge in [0.05, 0.1) is 11.4 Å². The molecule has 0 saturated heterocycles. The van der Waals surface area contributed by atoms with Crippen molar-refractivity contribution in [2.24, 2.45) is 12.5 Å². The molecule has 3 aromatic rings. The van der Waals surface area contributed by atoms with E-state index in [1.807, 2.05) is 32.0 Å². The predicted molar refractivity (Wildman–Crippen MR) is 117 cm³/mol. The third-order valence-corrected chi connectivity index (χ3v) is 5.76. The zero-order valence-electron chi connectivity index (χ0n) is 17.9. The van der Waals surface area contributed by atoms with Crippen LogP contribution in [0.3, 0.4) is 0 Å². The van der Waals surface area contributed by atoms with E-state index in [1.54, 1.807) is 30.8 Å². The number of para-hydroxylation sites is 1. The van der Waals surface area contributed by atoms with E-state index in [4.69, 9.17) is 0 Å². The highest BCUT2D eigenvalue weighted by Gasteiger charge is 2.33. The number of aromatic nitrogens is 3. The number of nitrogens with zero attached hydrogens (tertiary/aromatic N) is 2. The quantitative estimate of drug-likeness (QED) is 0.679. The molecule has 4 rings (SSSR count). The van der Waals surface area contributed by atoms with Gasteiger partial charge < -0.3 is 10.3 Å². The number of aromatic amines is 1. The molecule has 1 aromatic carbocycles. The van der Waals surface area contributed by atoms with Crippen LogP contribution in [0.15, 0.2) is 46.0 Å². The van der Waals surface area contributed by atoms with Crippen LogP contribution in [-0.4, -0.2) is 26.0 Å². The number of benzene rings is 1. The first-order valence-electron chi connectivity index (χ1n) is 10.0. The van der Waals surface area contributed by atoms with Gasteiger partial charge in [0.25, 0.3) is 17.0 Å². The largest absolute Gasteiger partial charge is 0.325 e. The summed E-state index contributed by atoms with van der Waals surface area (Å²) in [4.78, 5) is 53.8. The van der Waals surface area contributed by atoms with Gasteiger partial charge in [0, 0.05) is 24.7 Å². The Morgan fingerprint density at radius 1 is 1.10 bits per heavy atom. The van der Waals surface area contributed by atoms with Crippen molar-refractivity contribution in [1.29, 1.82) is 0 Å². The maximum absolute atomic E-state index is 13.0. The lowest BCUT2D eigenvalue weighted by Crippen LogP contribution is -2.33. The van der Waals surface area contributed by atoms with Gasteiger partial charge in [-0.3, -0.25) is 23.9 Å². The summed E-state index contributed by atoms with van der Waals surface area (Å²) in [5, 5.41) is 2.58. The van der Waals surface area contributed by atoms with Crippen LogP contribution in [0.2, 0.25) is 0 Å². The van der Waals surface area contributed by atoms with Crippen molar-refractivity contribution in [1.82, 2.24) is 14.3 Å². The smallest absolute Gasteiger partial charge is 0.295 e. The normalized spacial score (nSPS) is 14.9. The number of carbonyl (C=O) groups is 2. The summed E-state index contributed by atoms with van der Waals surface area (Å²) in [5.41, 5.74) is 0.737. The molecule has 0 spiro atoms. The van der Waals surface area contributed by atoms with Crippen LogP contribution in [0, 0.1) is 12.3 Å². The molecule has 1 aliphatic rings. The standard InChI is InChI=1S/C23H24N4O4/c1-13-19(22(31)27(26(13)4)14-8-6-5-7-9-14)25-21(30)16-10-15-17(24-20(16)29)11-23(2,3)12-18(15)28/h5-10H,11-12H2,1-4H3,(H,24,29)(H,25,30). The van der Waals surface area contributed by atoms with Crippen molar-refractivity contribution < 1.29 is 9.59 Å². The maximum Gasteiger partial charge on any atom is 0.295 e. The lowest BCUT2D eigenvalue weighted by atomic mass is 9.75. The number of carbonyl (C=O) groups excluding carboxylic acids is 2. The summed E-state index contributed by atoms with van der Waals surface area (Å²) < 4.78 is 3.07. The number of rotatable bonds is 3. The summed E-state index contributed by atoms with van der Waals surface area (Å²) in [6.45, 7) is 5.63. The van der Waals surface area contributed by atoms with Crippen LogP contribution < -0.4 is 16.4 Å². The third-order valence-electron chi connectivity index (χ3n) is 5.76. The molecule has 0 aliphatic heterocycles.